The highest BCUT2D eigenvalue weighted by Gasteiger charge is 2.07. The number of rotatable bonds is 9. The number of pyridine rings is 1. The average Bonchev–Trinajstić information content (AvgIpc) is 3.12. The predicted molar refractivity (Wildman–Crippen MR) is 101 cm³/mol. The maximum absolute atomic E-state index is 5.47. The third kappa shape index (κ3) is 4.91. The van der Waals surface area contributed by atoms with Gasteiger partial charge in [0.1, 0.15) is 6.61 Å². The molecule has 1 aromatic carbocycles. The Morgan fingerprint density at radius 2 is 1.85 bits per heavy atom. The molecule has 0 aliphatic heterocycles. The number of H-pyrrole nitrogens is 1. The molecule has 0 atom stereocenters. The number of nitrogens with zero attached hydrogens (tertiary/aromatic N) is 2. The number of ether oxygens (including phenoxy) is 2. The summed E-state index contributed by atoms with van der Waals surface area (Å²) in [4.78, 5) is 4.30. The van der Waals surface area contributed by atoms with Crippen LogP contribution in [0.25, 0.3) is 11.3 Å². The first-order valence-corrected chi connectivity index (χ1v) is 8.63. The molecule has 0 amide bonds. The fraction of sp³-hybridized carbons (Fsp3) is 0.300. The highest BCUT2D eigenvalue weighted by atomic mass is 16.5. The second-order valence-corrected chi connectivity index (χ2v) is 6.09. The quantitative estimate of drug-likeness (QED) is 0.579. The van der Waals surface area contributed by atoms with E-state index in [-0.39, 0.29) is 0 Å². The summed E-state index contributed by atoms with van der Waals surface area (Å²) in [7, 11) is 1.65. The van der Waals surface area contributed by atoms with E-state index >= 15 is 0 Å². The monoisotopic (exact) mass is 352 g/mol. The van der Waals surface area contributed by atoms with Gasteiger partial charge in [0.05, 0.1) is 18.5 Å². The predicted octanol–water partition coefficient (Wildman–Crippen LogP) is 3.10. The summed E-state index contributed by atoms with van der Waals surface area (Å²) in [6, 6.07) is 12.3. The van der Waals surface area contributed by atoms with Gasteiger partial charge in [-0.05, 0) is 18.1 Å². The number of aromatic nitrogens is 3. The van der Waals surface area contributed by atoms with Gasteiger partial charge in [-0.1, -0.05) is 35.9 Å². The van der Waals surface area contributed by atoms with E-state index in [4.69, 9.17) is 9.47 Å². The largest absolute Gasteiger partial charge is 0.475 e. The zero-order valence-electron chi connectivity index (χ0n) is 15.2. The van der Waals surface area contributed by atoms with E-state index in [1.165, 1.54) is 5.56 Å². The van der Waals surface area contributed by atoms with E-state index in [9.17, 15) is 0 Å². The van der Waals surface area contributed by atoms with Crippen molar-refractivity contribution >= 4 is 0 Å². The van der Waals surface area contributed by atoms with Crippen LogP contribution in [0.2, 0.25) is 0 Å². The molecule has 26 heavy (non-hydrogen) atoms. The third-order valence-electron chi connectivity index (χ3n) is 4.04. The summed E-state index contributed by atoms with van der Waals surface area (Å²) in [5.41, 5.74) is 5.68. The highest BCUT2D eigenvalue weighted by Crippen LogP contribution is 2.21. The van der Waals surface area contributed by atoms with Crippen LogP contribution in [0.3, 0.4) is 0 Å². The summed E-state index contributed by atoms with van der Waals surface area (Å²) in [6.07, 6.45) is 3.69. The van der Waals surface area contributed by atoms with Gasteiger partial charge >= 0.3 is 0 Å². The minimum atomic E-state index is 0.503. The van der Waals surface area contributed by atoms with Gasteiger partial charge in [-0.2, -0.15) is 5.10 Å². The Morgan fingerprint density at radius 1 is 1.00 bits per heavy atom. The van der Waals surface area contributed by atoms with Crippen LogP contribution < -0.4 is 10.1 Å². The SMILES string of the molecule is COCCOc1ccc(CNCc2cn[nH]c2-c2ccc(C)cc2)cn1. The molecule has 0 saturated heterocycles. The molecule has 0 spiro atoms. The molecule has 2 heterocycles. The lowest BCUT2D eigenvalue weighted by Gasteiger charge is -2.08. The lowest BCUT2D eigenvalue weighted by atomic mass is 10.1. The number of methoxy groups -OCH3 is 1. The molecule has 3 aromatic rings. The number of aryl methyl sites for hydroxylation is 1. The molecular weight excluding hydrogens is 328 g/mol. The molecule has 0 radical (unpaired) electrons. The van der Waals surface area contributed by atoms with Gasteiger partial charge in [0.15, 0.2) is 0 Å². The topological polar surface area (TPSA) is 72.1 Å². The van der Waals surface area contributed by atoms with Crippen molar-refractivity contribution < 1.29 is 9.47 Å². The number of hydrogen-bond donors (Lipinski definition) is 2. The Balaban J connectivity index is 1.52. The normalized spacial score (nSPS) is 10.8. The van der Waals surface area contributed by atoms with Crippen LogP contribution in [0, 0.1) is 6.92 Å². The molecule has 6 nitrogen and oxygen atoms in total. The van der Waals surface area contributed by atoms with Crippen LogP contribution >= 0.6 is 0 Å². The fourth-order valence-corrected chi connectivity index (χ4v) is 2.59. The fourth-order valence-electron chi connectivity index (χ4n) is 2.59. The van der Waals surface area contributed by atoms with Crippen molar-refractivity contribution in [2.75, 3.05) is 20.3 Å². The standard InChI is InChI=1S/C20H24N4O2/c1-15-3-6-17(7-4-15)20-18(14-23-24-20)13-21-11-16-5-8-19(22-12-16)26-10-9-25-2/h3-8,12,14,21H,9-11,13H2,1-2H3,(H,23,24). The Labute approximate surface area is 153 Å². The molecule has 2 aromatic heterocycles. The van der Waals surface area contributed by atoms with Gasteiger partial charge in [-0.15, -0.1) is 0 Å². The van der Waals surface area contributed by atoms with E-state index in [0.29, 0.717) is 19.1 Å². The average molecular weight is 352 g/mol. The van der Waals surface area contributed by atoms with Gasteiger partial charge in [0.2, 0.25) is 5.88 Å². The van der Waals surface area contributed by atoms with Crippen LogP contribution in [-0.2, 0) is 17.8 Å². The smallest absolute Gasteiger partial charge is 0.213 e. The first-order valence-electron chi connectivity index (χ1n) is 8.63. The minimum absolute atomic E-state index is 0.503. The van der Waals surface area contributed by atoms with Crippen molar-refractivity contribution in [3.63, 3.8) is 0 Å². The van der Waals surface area contributed by atoms with Crippen molar-refractivity contribution in [2.24, 2.45) is 0 Å². The molecule has 0 unspecified atom stereocenters. The van der Waals surface area contributed by atoms with E-state index in [1.54, 1.807) is 7.11 Å². The highest BCUT2D eigenvalue weighted by molar-refractivity contribution is 5.62. The summed E-state index contributed by atoms with van der Waals surface area (Å²) >= 11 is 0. The van der Waals surface area contributed by atoms with Gasteiger partial charge in [-0.3, -0.25) is 5.10 Å². The lowest BCUT2D eigenvalue weighted by Crippen LogP contribution is -2.13. The first kappa shape index (κ1) is 18.1. The summed E-state index contributed by atoms with van der Waals surface area (Å²) in [6.45, 7) is 4.60. The van der Waals surface area contributed by atoms with Crippen LogP contribution in [0.15, 0.2) is 48.8 Å². The van der Waals surface area contributed by atoms with Crippen LogP contribution in [-0.4, -0.2) is 35.5 Å². The van der Waals surface area contributed by atoms with Crippen LogP contribution in [0.1, 0.15) is 16.7 Å². The van der Waals surface area contributed by atoms with Crippen molar-refractivity contribution in [2.45, 2.75) is 20.0 Å². The van der Waals surface area contributed by atoms with Crippen LogP contribution in [0.4, 0.5) is 0 Å². The molecule has 2 N–H and O–H groups in total. The third-order valence-corrected chi connectivity index (χ3v) is 4.04. The zero-order valence-corrected chi connectivity index (χ0v) is 15.2. The molecule has 0 fully saturated rings. The Kier molecular flexibility index (Phi) is 6.35. The van der Waals surface area contributed by atoms with E-state index in [0.717, 1.165) is 35.5 Å². The number of aromatic amines is 1. The second kappa shape index (κ2) is 9.12. The molecular formula is C20H24N4O2. The summed E-state index contributed by atoms with van der Waals surface area (Å²) < 4.78 is 10.4. The lowest BCUT2D eigenvalue weighted by molar-refractivity contribution is 0.143. The van der Waals surface area contributed by atoms with E-state index in [2.05, 4.69) is 51.7 Å². The van der Waals surface area contributed by atoms with E-state index < -0.39 is 0 Å². The minimum Gasteiger partial charge on any atom is -0.475 e. The van der Waals surface area contributed by atoms with Crippen molar-refractivity contribution in [1.29, 1.82) is 0 Å². The van der Waals surface area contributed by atoms with Gasteiger partial charge in [0.25, 0.3) is 0 Å². The van der Waals surface area contributed by atoms with Crippen LogP contribution in [0.5, 0.6) is 5.88 Å². The molecule has 0 aliphatic carbocycles. The molecule has 0 aliphatic rings. The first-order chi connectivity index (χ1) is 12.8. The van der Waals surface area contributed by atoms with Crippen molar-refractivity contribution in [3.8, 4) is 17.1 Å². The summed E-state index contributed by atoms with van der Waals surface area (Å²) in [5, 5.41) is 10.7. The Bertz CT molecular complexity index is 797. The van der Waals surface area contributed by atoms with E-state index in [1.807, 2.05) is 24.5 Å². The van der Waals surface area contributed by atoms with Crippen molar-refractivity contribution in [3.05, 3.63) is 65.5 Å². The van der Waals surface area contributed by atoms with Gasteiger partial charge < -0.3 is 14.8 Å². The number of nitrogens with one attached hydrogen (secondary N) is 2. The Hall–Kier alpha value is -2.70. The van der Waals surface area contributed by atoms with Gasteiger partial charge in [-0.25, -0.2) is 4.98 Å². The number of benzene rings is 1. The molecule has 0 saturated carbocycles. The molecule has 3 rings (SSSR count). The molecule has 136 valence electrons. The second-order valence-electron chi connectivity index (χ2n) is 6.09. The number of hydrogen-bond acceptors (Lipinski definition) is 5. The van der Waals surface area contributed by atoms with Crippen molar-refractivity contribution in [1.82, 2.24) is 20.5 Å². The maximum Gasteiger partial charge on any atom is 0.213 e. The molecule has 6 heteroatoms. The summed E-state index contributed by atoms with van der Waals surface area (Å²) in [5.74, 6) is 0.613. The zero-order chi connectivity index (χ0) is 18.2. The Morgan fingerprint density at radius 3 is 2.58 bits per heavy atom. The maximum atomic E-state index is 5.47. The molecule has 0 bridgehead atoms. The van der Waals surface area contributed by atoms with Gasteiger partial charge in [0, 0.05) is 38.0 Å².